The number of hydrogen-bond acceptors (Lipinski definition) is 3. The number of benzene rings is 2. The number of alkyl halides is 3. The smallest absolute Gasteiger partial charge is 0.375 e. The Morgan fingerprint density at radius 3 is 2.64 bits per heavy atom. The van der Waals surface area contributed by atoms with Crippen molar-refractivity contribution in [3.05, 3.63) is 86.1 Å². The van der Waals surface area contributed by atoms with E-state index in [2.05, 4.69) is 26.2 Å². The average Bonchev–Trinajstić information content (AvgIpc) is 3.31. The molecule has 0 bridgehead atoms. The Hall–Kier alpha value is -3.35. The van der Waals surface area contributed by atoms with E-state index in [1.807, 2.05) is 0 Å². The summed E-state index contributed by atoms with van der Waals surface area (Å²) in [6.07, 6.45) is -3.65. The molecule has 2 aromatic carbocycles. The Morgan fingerprint density at radius 1 is 1.19 bits per heavy atom. The lowest BCUT2D eigenvalue weighted by atomic mass is 9.96. The first-order valence-electron chi connectivity index (χ1n) is 10.3. The summed E-state index contributed by atoms with van der Waals surface area (Å²) in [7, 11) is 0. The van der Waals surface area contributed by atoms with Gasteiger partial charge >= 0.3 is 17.9 Å². The van der Waals surface area contributed by atoms with Crippen LogP contribution in [0.3, 0.4) is 0 Å². The number of aromatic amines is 1. The van der Waals surface area contributed by atoms with Crippen molar-refractivity contribution in [3.8, 4) is 11.3 Å². The van der Waals surface area contributed by atoms with Crippen LogP contribution in [-0.2, 0) is 5.60 Å². The van der Waals surface area contributed by atoms with Crippen LogP contribution in [0.25, 0.3) is 16.8 Å². The van der Waals surface area contributed by atoms with Crippen LogP contribution in [0.5, 0.6) is 0 Å². The monoisotopic (exact) mass is 584 g/mol. The van der Waals surface area contributed by atoms with Gasteiger partial charge in [-0.05, 0) is 46.3 Å². The third kappa shape index (κ3) is 3.76. The summed E-state index contributed by atoms with van der Waals surface area (Å²) in [6.45, 7) is -1.07. The van der Waals surface area contributed by atoms with Crippen LogP contribution in [0.4, 0.5) is 33.7 Å². The topological polar surface area (TPSA) is 89.8 Å². The number of urea groups is 1. The highest BCUT2D eigenvalue weighted by Gasteiger charge is 2.61. The molecule has 3 heterocycles. The first kappa shape index (κ1) is 24.3. The van der Waals surface area contributed by atoms with E-state index >= 15 is 0 Å². The number of rotatable bonds is 2. The molecule has 2 amide bonds. The molecular weight excluding hydrogens is 572 g/mol. The SMILES string of the molecule is O=C(Nc1cc(Br)cn2c(=O)[nH]c(-c3cc(F)ccc3Cl)c12)N1CC(O)(C(F)(F)F)c2ccccc21. The van der Waals surface area contributed by atoms with E-state index in [0.29, 0.717) is 4.47 Å². The lowest BCUT2D eigenvalue weighted by Crippen LogP contribution is -2.48. The van der Waals surface area contributed by atoms with E-state index in [1.165, 1.54) is 36.5 Å². The number of aliphatic hydroxyl groups is 1. The minimum Gasteiger partial charge on any atom is -0.375 e. The van der Waals surface area contributed by atoms with Gasteiger partial charge < -0.3 is 15.4 Å². The largest absolute Gasteiger partial charge is 0.423 e. The fourth-order valence-electron chi connectivity index (χ4n) is 4.25. The van der Waals surface area contributed by atoms with Crippen molar-refractivity contribution < 1.29 is 27.5 Å². The maximum Gasteiger partial charge on any atom is 0.423 e. The van der Waals surface area contributed by atoms with Crippen LogP contribution in [0.15, 0.2) is 64.0 Å². The number of H-pyrrole nitrogens is 1. The van der Waals surface area contributed by atoms with E-state index in [-0.39, 0.29) is 33.2 Å². The zero-order valence-electron chi connectivity index (χ0n) is 17.8. The van der Waals surface area contributed by atoms with Gasteiger partial charge in [0.15, 0.2) is 0 Å². The second-order valence-electron chi connectivity index (χ2n) is 8.11. The molecule has 1 unspecified atom stereocenters. The highest BCUT2D eigenvalue weighted by Crippen LogP contribution is 2.48. The van der Waals surface area contributed by atoms with E-state index in [9.17, 15) is 32.3 Å². The molecule has 36 heavy (non-hydrogen) atoms. The normalized spacial score (nSPS) is 17.5. The second-order valence-corrected chi connectivity index (χ2v) is 9.43. The molecule has 13 heteroatoms. The number of aromatic nitrogens is 2. The van der Waals surface area contributed by atoms with Crippen molar-refractivity contribution in [2.24, 2.45) is 0 Å². The molecule has 1 aliphatic rings. The van der Waals surface area contributed by atoms with Gasteiger partial charge in [-0.3, -0.25) is 9.30 Å². The predicted octanol–water partition coefficient (Wildman–Crippen LogP) is 5.65. The van der Waals surface area contributed by atoms with Crippen LogP contribution in [0.2, 0.25) is 5.02 Å². The Kier molecular flexibility index (Phi) is 5.65. The molecule has 186 valence electrons. The molecule has 5 rings (SSSR count). The summed E-state index contributed by atoms with van der Waals surface area (Å²) in [4.78, 5) is 29.2. The number of amides is 2. The number of hydrogen-bond donors (Lipinski definition) is 3. The van der Waals surface area contributed by atoms with Gasteiger partial charge in [0.2, 0.25) is 5.60 Å². The van der Waals surface area contributed by atoms with Gasteiger partial charge in [-0.25, -0.2) is 14.0 Å². The van der Waals surface area contributed by atoms with Gasteiger partial charge in [0, 0.05) is 21.8 Å². The minimum atomic E-state index is -5.05. The number of anilines is 2. The summed E-state index contributed by atoms with van der Waals surface area (Å²) in [5, 5.41) is 13.1. The van der Waals surface area contributed by atoms with Crippen LogP contribution < -0.4 is 15.9 Å². The molecule has 4 aromatic rings. The standard InChI is InChI=1S/C23H14BrClF4N4O3/c24-11-7-16(19-18(31-21(35)32(19)9-11)13-8-12(26)5-6-15(13)25)30-20(34)33-10-22(36,23(27,28)29)14-3-1-2-4-17(14)33/h1-9,36H,10H2,(H,30,34)(H,31,35). The summed E-state index contributed by atoms with van der Waals surface area (Å²) in [6, 6.07) is 9.11. The van der Waals surface area contributed by atoms with Crippen molar-refractivity contribution in [2.75, 3.05) is 16.8 Å². The zero-order chi connectivity index (χ0) is 26.0. The number of carbonyl (C=O) groups is 1. The molecule has 3 N–H and O–H groups in total. The summed E-state index contributed by atoms with van der Waals surface area (Å²) < 4.78 is 56.8. The lowest BCUT2D eigenvalue weighted by Gasteiger charge is -2.27. The van der Waals surface area contributed by atoms with E-state index < -0.39 is 41.4 Å². The summed E-state index contributed by atoms with van der Waals surface area (Å²) in [5.74, 6) is -0.627. The summed E-state index contributed by atoms with van der Waals surface area (Å²) in [5.41, 5.74) is -4.15. The van der Waals surface area contributed by atoms with Crippen molar-refractivity contribution >= 4 is 50.5 Å². The van der Waals surface area contributed by atoms with Crippen LogP contribution in [0, 0.1) is 5.82 Å². The van der Waals surface area contributed by atoms with E-state index in [4.69, 9.17) is 11.6 Å². The molecule has 0 radical (unpaired) electrons. The minimum absolute atomic E-state index is 0.0167. The van der Waals surface area contributed by atoms with Gasteiger partial charge in [-0.15, -0.1) is 0 Å². The highest BCUT2D eigenvalue weighted by molar-refractivity contribution is 9.10. The van der Waals surface area contributed by atoms with E-state index in [0.717, 1.165) is 27.5 Å². The van der Waals surface area contributed by atoms with Crippen molar-refractivity contribution in [1.29, 1.82) is 0 Å². The fraction of sp³-hybridized carbons (Fsp3) is 0.130. The number of pyridine rings is 1. The van der Waals surface area contributed by atoms with Gasteiger partial charge in [0.25, 0.3) is 0 Å². The molecule has 1 aliphatic heterocycles. The molecule has 2 aromatic heterocycles. The van der Waals surface area contributed by atoms with Gasteiger partial charge in [0.05, 0.1) is 34.2 Å². The first-order chi connectivity index (χ1) is 16.9. The van der Waals surface area contributed by atoms with Gasteiger partial charge in [0.1, 0.15) is 5.82 Å². The number of nitrogens with zero attached hydrogens (tertiary/aromatic N) is 2. The molecule has 0 saturated heterocycles. The van der Waals surface area contributed by atoms with Gasteiger partial charge in [-0.2, -0.15) is 13.2 Å². The number of carbonyl (C=O) groups excluding carboxylic acids is 1. The van der Waals surface area contributed by atoms with E-state index in [1.54, 1.807) is 0 Å². The van der Waals surface area contributed by atoms with Crippen LogP contribution in [0.1, 0.15) is 5.56 Å². The number of fused-ring (bicyclic) bond motifs is 2. The van der Waals surface area contributed by atoms with Crippen molar-refractivity contribution in [1.82, 2.24) is 9.38 Å². The predicted molar refractivity (Wildman–Crippen MR) is 129 cm³/mol. The van der Waals surface area contributed by atoms with Gasteiger partial charge in [-0.1, -0.05) is 29.8 Å². The number of β-amino-alcohol motifs (C(OH)–C–C–N with tert-alkyl or cyclic N) is 1. The van der Waals surface area contributed by atoms with Crippen molar-refractivity contribution in [3.63, 3.8) is 0 Å². The Labute approximate surface area is 213 Å². The quantitative estimate of drug-likeness (QED) is 0.266. The zero-order valence-corrected chi connectivity index (χ0v) is 20.2. The molecule has 0 saturated carbocycles. The molecule has 0 fully saturated rings. The Morgan fingerprint density at radius 2 is 1.92 bits per heavy atom. The maximum absolute atomic E-state index is 14.0. The number of imidazole rings is 1. The average molecular weight is 586 g/mol. The third-order valence-electron chi connectivity index (χ3n) is 5.90. The second kappa shape index (κ2) is 8.36. The Balaban J connectivity index is 1.62. The molecular formula is C23H14BrClF4N4O3. The Bertz CT molecular complexity index is 1600. The van der Waals surface area contributed by atoms with Crippen LogP contribution in [-0.4, -0.2) is 33.2 Å². The summed E-state index contributed by atoms with van der Waals surface area (Å²) >= 11 is 9.47. The lowest BCUT2D eigenvalue weighted by molar-refractivity contribution is -0.258. The number of para-hydroxylation sites is 1. The molecule has 7 nitrogen and oxygen atoms in total. The maximum atomic E-state index is 14.0. The molecule has 0 spiro atoms. The number of halogens is 6. The fourth-order valence-corrected chi connectivity index (χ4v) is 4.89. The first-order valence-corrected chi connectivity index (χ1v) is 11.4. The third-order valence-corrected chi connectivity index (χ3v) is 6.66. The highest BCUT2D eigenvalue weighted by atomic mass is 79.9. The molecule has 1 atom stereocenters. The van der Waals surface area contributed by atoms with Crippen molar-refractivity contribution in [2.45, 2.75) is 11.8 Å². The van der Waals surface area contributed by atoms with Crippen LogP contribution >= 0.6 is 27.5 Å². The number of nitrogens with one attached hydrogen (secondary N) is 2. The molecule has 0 aliphatic carbocycles.